The Labute approximate surface area is 200 Å². The smallest absolute Gasteiger partial charge is 0.164 e. The van der Waals surface area contributed by atoms with Gasteiger partial charge in [0.15, 0.2) is 5.65 Å². The number of phenolic OH excluding ortho intramolecular Hbond substituents is 1. The van der Waals surface area contributed by atoms with E-state index in [1.165, 1.54) is 31.3 Å². The fourth-order valence-electron chi connectivity index (χ4n) is 4.88. The molecule has 0 bridgehead atoms. The summed E-state index contributed by atoms with van der Waals surface area (Å²) in [6.07, 6.45) is 6.05. The zero-order valence-electron chi connectivity index (χ0n) is 18.9. The number of anilines is 2. The third-order valence-electron chi connectivity index (χ3n) is 6.53. The average molecular weight is 470 g/mol. The Morgan fingerprint density at radius 2 is 1.91 bits per heavy atom. The van der Waals surface area contributed by atoms with E-state index in [-0.39, 0.29) is 11.6 Å². The van der Waals surface area contributed by atoms with Gasteiger partial charge in [0.1, 0.15) is 35.2 Å². The number of hydrogen-bond acceptors (Lipinski definition) is 7. The Balaban J connectivity index is 1.49. The van der Waals surface area contributed by atoms with Crippen LogP contribution in [0, 0.1) is 5.82 Å². The third-order valence-corrected chi connectivity index (χ3v) is 6.53. The van der Waals surface area contributed by atoms with Gasteiger partial charge in [0.25, 0.3) is 0 Å². The largest absolute Gasteiger partial charge is 0.508 e. The number of rotatable bonds is 5. The van der Waals surface area contributed by atoms with Crippen molar-refractivity contribution < 1.29 is 9.50 Å². The number of hydrogen-bond donors (Lipinski definition) is 3. The van der Waals surface area contributed by atoms with Crippen molar-refractivity contribution in [1.82, 2.24) is 24.7 Å². The summed E-state index contributed by atoms with van der Waals surface area (Å²) in [6, 6.07) is 14.3. The summed E-state index contributed by atoms with van der Waals surface area (Å²) in [5, 5.41) is 19.9. The van der Waals surface area contributed by atoms with E-state index in [1.54, 1.807) is 4.68 Å². The van der Waals surface area contributed by atoms with Crippen LogP contribution < -0.4 is 11.1 Å². The van der Waals surface area contributed by atoms with Crippen LogP contribution in [0.5, 0.6) is 5.75 Å². The standard InChI is InChI=1S/C26H24FN7O/c27-18-10-16(11-20(35)12-18)23-22-24(28)29-14-30-26(22)34(33-23)13-17-9-15-5-1-4-8-21(15)32-25(17)31-19-6-2-3-7-19/h1,4-5,8-12,14,19,35H,2-3,6-7,13H2,(H,31,32)(H2,28,29,30). The summed E-state index contributed by atoms with van der Waals surface area (Å²) in [5.74, 6) is 0.298. The molecule has 4 N–H and O–H groups in total. The normalized spacial score (nSPS) is 14.2. The second-order valence-electron chi connectivity index (χ2n) is 8.98. The third kappa shape index (κ3) is 3.99. The van der Waals surface area contributed by atoms with E-state index in [1.807, 2.05) is 24.3 Å². The van der Waals surface area contributed by atoms with Crippen LogP contribution in [-0.2, 0) is 6.54 Å². The minimum absolute atomic E-state index is 0.195. The van der Waals surface area contributed by atoms with Gasteiger partial charge >= 0.3 is 0 Å². The lowest BCUT2D eigenvalue weighted by atomic mass is 10.1. The van der Waals surface area contributed by atoms with Gasteiger partial charge < -0.3 is 16.2 Å². The van der Waals surface area contributed by atoms with Gasteiger partial charge in [-0.05, 0) is 37.1 Å². The first kappa shape index (κ1) is 21.3. The topological polar surface area (TPSA) is 115 Å². The number of benzene rings is 2. The Hall–Kier alpha value is -4.27. The molecule has 3 heterocycles. The molecule has 35 heavy (non-hydrogen) atoms. The van der Waals surface area contributed by atoms with Crippen LogP contribution in [0.15, 0.2) is 54.9 Å². The second kappa shape index (κ2) is 8.50. The van der Waals surface area contributed by atoms with Crippen molar-refractivity contribution in [1.29, 1.82) is 0 Å². The maximum atomic E-state index is 14.1. The second-order valence-corrected chi connectivity index (χ2v) is 8.98. The fourth-order valence-corrected chi connectivity index (χ4v) is 4.88. The Bertz CT molecular complexity index is 1540. The lowest BCUT2D eigenvalue weighted by Gasteiger charge is -2.17. The van der Waals surface area contributed by atoms with Crippen molar-refractivity contribution in [2.45, 2.75) is 38.3 Å². The molecule has 176 valence electrons. The van der Waals surface area contributed by atoms with Crippen LogP contribution in [0.3, 0.4) is 0 Å². The van der Waals surface area contributed by atoms with Crippen LogP contribution >= 0.6 is 0 Å². The number of nitrogen functional groups attached to an aromatic ring is 1. The van der Waals surface area contributed by atoms with Crippen LogP contribution in [0.4, 0.5) is 16.0 Å². The molecule has 0 radical (unpaired) electrons. The number of halogens is 1. The number of aromatic nitrogens is 5. The van der Waals surface area contributed by atoms with E-state index in [9.17, 15) is 9.50 Å². The van der Waals surface area contributed by atoms with Gasteiger partial charge in [-0.25, -0.2) is 24.0 Å². The summed E-state index contributed by atoms with van der Waals surface area (Å²) in [7, 11) is 0. The first-order chi connectivity index (χ1) is 17.0. The monoisotopic (exact) mass is 469 g/mol. The van der Waals surface area contributed by atoms with Crippen molar-refractivity contribution in [2.24, 2.45) is 0 Å². The van der Waals surface area contributed by atoms with Crippen molar-refractivity contribution in [3.63, 3.8) is 0 Å². The van der Waals surface area contributed by atoms with Crippen molar-refractivity contribution in [3.05, 3.63) is 66.2 Å². The van der Waals surface area contributed by atoms with Crippen molar-refractivity contribution in [2.75, 3.05) is 11.1 Å². The molecule has 9 heteroatoms. The SMILES string of the molecule is Nc1ncnc2c1c(-c1cc(O)cc(F)c1)nn2Cc1cc2ccccc2nc1NC1CCCC1. The van der Waals surface area contributed by atoms with E-state index in [0.29, 0.717) is 34.9 Å². The molecule has 0 saturated heterocycles. The highest BCUT2D eigenvalue weighted by Gasteiger charge is 2.21. The molecule has 0 unspecified atom stereocenters. The number of para-hydroxylation sites is 1. The maximum Gasteiger partial charge on any atom is 0.164 e. The first-order valence-corrected chi connectivity index (χ1v) is 11.7. The molecule has 0 spiro atoms. The zero-order chi connectivity index (χ0) is 23.9. The highest BCUT2D eigenvalue weighted by molar-refractivity contribution is 5.98. The summed E-state index contributed by atoms with van der Waals surface area (Å²) < 4.78 is 15.8. The van der Waals surface area contributed by atoms with Crippen LogP contribution in [0.2, 0.25) is 0 Å². The van der Waals surface area contributed by atoms with Gasteiger partial charge in [-0.3, -0.25) is 0 Å². The molecule has 1 aliphatic carbocycles. The molecule has 1 fully saturated rings. The number of nitrogens with two attached hydrogens (primary N) is 1. The molecule has 1 aliphatic rings. The number of nitrogens with one attached hydrogen (secondary N) is 1. The number of aromatic hydroxyl groups is 1. The van der Waals surface area contributed by atoms with Crippen LogP contribution in [0.1, 0.15) is 31.2 Å². The molecular weight excluding hydrogens is 445 g/mol. The molecule has 0 amide bonds. The van der Waals surface area contributed by atoms with E-state index in [0.717, 1.165) is 41.2 Å². The molecule has 2 aromatic carbocycles. The summed E-state index contributed by atoms with van der Waals surface area (Å²) in [6.45, 7) is 0.376. The predicted molar refractivity (Wildman–Crippen MR) is 134 cm³/mol. The Kier molecular flexibility index (Phi) is 5.17. The molecule has 0 atom stereocenters. The zero-order valence-corrected chi connectivity index (χ0v) is 18.9. The highest BCUT2D eigenvalue weighted by atomic mass is 19.1. The van der Waals surface area contributed by atoms with E-state index >= 15 is 0 Å². The van der Waals surface area contributed by atoms with Gasteiger partial charge in [0.05, 0.1) is 17.4 Å². The van der Waals surface area contributed by atoms with Gasteiger partial charge in [0.2, 0.25) is 0 Å². The lowest BCUT2D eigenvalue weighted by molar-refractivity contribution is 0.469. The molecule has 5 aromatic rings. The van der Waals surface area contributed by atoms with Gasteiger partial charge in [-0.2, -0.15) is 5.10 Å². The average Bonchev–Trinajstić information content (AvgIpc) is 3.48. The number of nitrogens with zero attached hydrogens (tertiary/aromatic N) is 5. The molecule has 6 rings (SSSR count). The van der Waals surface area contributed by atoms with Crippen molar-refractivity contribution >= 4 is 33.6 Å². The van der Waals surface area contributed by atoms with Crippen molar-refractivity contribution in [3.8, 4) is 17.0 Å². The van der Waals surface area contributed by atoms with E-state index < -0.39 is 5.82 Å². The summed E-state index contributed by atoms with van der Waals surface area (Å²) in [5.41, 5.74) is 9.42. The quantitative estimate of drug-likeness (QED) is 0.336. The minimum Gasteiger partial charge on any atom is -0.508 e. The highest BCUT2D eigenvalue weighted by Crippen LogP contribution is 2.33. The minimum atomic E-state index is -0.570. The molecular formula is C26H24FN7O. The maximum absolute atomic E-state index is 14.1. The lowest BCUT2D eigenvalue weighted by Crippen LogP contribution is -2.18. The summed E-state index contributed by atoms with van der Waals surface area (Å²) in [4.78, 5) is 13.5. The molecule has 0 aliphatic heterocycles. The van der Waals surface area contributed by atoms with Gasteiger partial charge in [-0.1, -0.05) is 31.0 Å². The summed E-state index contributed by atoms with van der Waals surface area (Å²) >= 11 is 0. The van der Waals surface area contributed by atoms with E-state index in [2.05, 4.69) is 21.4 Å². The van der Waals surface area contributed by atoms with E-state index in [4.69, 9.17) is 15.8 Å². The Morgan fingerprint density at radius 1 is 1.09 bits per heavy atom. The molecule has 3 aromatic heterocycles. The van der Waals surface area contributed by atoms with Gasteiger partial charge in [-0.15, -0.1) is 0 Å². The number of pyridine rings is 1. The predicted octanol–water partition coefficient (Wildman–Crippen LogP) is 4.87. The number of fused-ring (bicyclic) bond motifs is 2. The van der Waals surface area contributed by atoms with Crippen LogP contribution in [0.25, 0.3) is 33.2 Å². The molecule has 8 nitrogen and oxygen atoms in total. The molecule has 1 saturated carbocycles. The number of phenols is 1. The van der Waals surface area contributed by atoms with Crippen LogP contribution in [-0.4, -0.2) is 35.9 Å². The Morgan fingerprint density at radius 3 is 2.74 bits per heavy atom. The van der Waals surface area contributed by atoms with Gasteiger partial charge in [0, 0.05) is 28.6 Å². The fraction of sp³-hybridized carbons (Fsp3) is 0.231. The first-order valence-electron chi connectivity index (χ1n) is 11.7.